The summed E-state index contributed by atoms with van der Waals surface area (Å²) in [6.07, 6.45) is 0.689. The van der Waals surface area contributed by atoms with Crippen molar-refractivity contribution >= 4 is 5.96 Å². The SMILES string of the molecule is CCNC(=NCC(C)Oc1ccccc1F)NCCCOC. The first-order chi connectivity index (χ1) is 10.7. The van der Waals surface area contributed by atoms with Gasteiger partial charge in [-0.1, -0.05) is 12.1 Å². The van der Waals surface area contributed by atoms with Crippen molar-refractivity contribution in [2.24, 2.45) is 4.99 Å². The van der Waals surface area contributed by atoms with Crippen molar-refractivity contribution in [2.75, 3.05) is 33.4 Å². The van der Waals surface area contributed by atoms with Gasteiger partial charge in [0.25, 0.3) is 0 Å². The molecule has 0 aromatic heterocycles. The highest BCUT2D eigenvalue weighted by molar-refractivity contribution is 5.79. The third-order valence-corrected chi connectivity index (χ3v) is 2.83. The highest BCUT2D eigenvalue weighted by Gasteiger charge is 2.08. The van der Waals surface area contributed by atoms with Crippen molar-refractivity contribution in [1.29, 1.82) is 0 Å². The molecule has 5 nitrogen and oxygen atoms in total. The normalized spacial score (nSPS) is 12.8. The van der Waals surface area contributed by atoms with Crippen LogP contribution in [0.25, 0.3) is 0 Å². The first kappa shape index (κ1) is 18.2. The van der Waals surface area contributed by atoms with Crippen LogP contribution in [0, 0.1) is 5.82 Å². The van der Waals surface area contributed by atoms with Crippen LogP contribution in [0.15, 0.2) is 29.3 Å². The lowest BCUT2D eigenvalue weighted by Gasteiger charge is -2.15. The molecule has 0 fully saturated rings. The molecule has 0 aliphatic heterocycles. The number of hydrogen-bond donors (Lipinski definition) is 2. The van der Waals surface area contributed by atoms with E-state index < -0.39 is 0 Å². The van der Waals surface area contributed by atoms with Crippen molar-refractivity contribution in [3.63, 3.8) is 0 Å². The van der Waals surface area contributed by atoms with Gasteiger partial charge in [-0.15, -0.1) is 0 Å². The molecule has 6 heteroatoms. The minimum atomic E-state index is -0.358. The number of rotatable bonds is 9. The molecule has 0 aliphatic rings. The van der Waals surface area contributed by atoms with E-state index in [9.17, 15) is 4.39 Å². The Hall–Kier alpha value is -1.82. The van der Waals surface area contributed by atoms with Gasteiger partial charge in [0.05, 0.1) is 6.54 Å². The summed E-state index contributed by atoms with van der Waals surface area (Å²) < 4.78 is 24.1. The third-order valence-electron chi connectivity index (χ3n) is 2.83. The van der Waals surface area contributed by atoms with E-state index in [4.69, 9.17) is 9.47 Å². The Morgan fingerprint density at radius 3 is 2.77 bits per heavy atom. The topological polar surface area (TPSA) is 54.9 Å². The number of nitrogens with one attached hydrogen (secondary N) is 2. The maximum absolute atomic E-state index is 13.5. The fraction of sp³-hybridized carbons (Fsp3) is 0.562. The van der Waals surface area contributed by atoms with Gasteiger partial charge in [-0.05, 0) is 32.4 Å². The largest absolute Gasteiger partial charge is 0.486 e. The Labute approximate surface area is 131 Å². The average molecular weight is 311 g/mol. The van der Waals surface area contributed by atoms with Gasteiger partial charge >= 0.3 is 0 Å². The number of benzene rings is 1. The maximum Gasteiger partial charge on any atom is 0.191 e. The van der Waals surface area contributed by atoms with Crippen molar-refractivity contribution in [3.8, 4) is 5.75 Å². The zero-order chi connectivity index (χ0) is 16.2. The van der Waals surface area contributed by atoms with E-state index in [1.165, 1.54) is 6.07 Å². The molecule has 0 saturated heterocycles. The van der Waals surface area contributed by atoms with Crippen LogP contribution in [0.1, 0.15) is 20.3 Å². The first-order valence-corrected chi connectivity index (χ1v) is 7.59. The fourth-order valence-electron chi connectivity index (χ4n) is 1.78. The first-order valence-electron chi connectivity index (χ1n) is 7.59. The molecule has 22 heavy (non-hydrogen) atoms. The highest BCUT2D eigenvalue weighted by atomic mass is 19.1. The average Bonchev–Trinajstić information content (AvgIpc) is 2.51. The quantitative estimate of drug-likeness (QED) is 0.417. The fourth-order valence-corrected chi connectivity index (χ4v) is 1.78. The summed E-state index contributed by atoms with van der Waals surface area (Å²) in [7, 11) is 1.68. The Kier molecular flexibility index (Phi) is 8.98. The van der Waals surface area contributed by atoms with Gasteiger partial charge in [0.1, 0.15) is 6.10 Å². The summed E-state index contributed by atoms with van der Waals surface area (Å²) in [4.78, 5) is 4.44. The number of guanidine groups is 1. The van der Waals surface area contributed by atoms with Gasteiger partial charge in [-0.25, -0.2) is 9.38 Å². The highest BCUT2D eigenvalue weighted by Crippen LogP contribution is 2.16. The molecule has 2 N–H and O–H groups in total. The Morgan fingerprint density at radius 1 is 1.32 bits per heavy atom. The van der Waals surface area contributed by atoms with E-state index >= 15 is 0 Å². The molecule has 1 rings (SSSR count). The molecule has 1 aromatic rings. The molecule has 0 heterocycles. The summed E-state index contributed by atoms with van der Waals surface area (Å²) in [6, 6.07) is 6.38. The zero-order valence-corrected chi connectivity index (χ0v) is 13.6. The van der Waals surface area contributed by atoms with Crippen molar-refractivity contribution in [3.05, 3.63) is 30.1 Å². The molecule has 0 bridgehead atoms. The van der Waals surface area contributed by atoms with Crippen LogP contribution < -0.4 is 15.4 Å². The maximum atomic E-state index is 13.5. The summed E-state index contributed by atoms with van der Waals surface area (Å²) in [5.74, 6) is 0.619. The van der Waals surface area contributed by atoms with Gasteiger partial charge in [0, 0.05) is 26.8 Å². The van der Waals surface area contributed by atoms with Gasteiger partial charge in [0.15, 0.2) is 17.5 Å². The van der Waals surface area contributed by atoms with Crippen LogP contribution in [0.4, 0.5) is 4.39 Å². The Balaban J connectivity index is 2.45. The van der Waals surface area contributed by atoms with Gasteiger partial charge in [-0.3, -0.25) is 0 Å². The Bertz CT molecular complexity index is 455. The number of nitrogens with zero attached hydrogens (tertiary/aromatic N) is 1. The summed E-state index contributed by atoms with van der Waals surface area (Å²) in [5, 5.41) is 6.37. The van der Waals surface area contributed by atoms with Crippen LogP contribution in [0.3, 0.4) is 0 Å². The molecule has 0 radical (unpaired) electrons. The molecule has 0 amide bonds. The van der Waals surface area contributed by atoms with Gasteiger partial charge in [-0.2, -0.15) is 0 Å². The molecule has 0 spiro atoms. The van der Waals surface area contributed by atoms with E-state index in [-0.39, 0.29) is 17.7 Å². The third kappa shape index (κ3) is 7.26. The number of para-hydroxylation sites is 1. The van der Waals surface area contributed by atoms with E-state index in [1.54, 1.807) is 25.3 Å². The van der Waals surface area contributed by atoms with Crippen molar-refractivity contribution in [2.45, 2.75) is 26.4 Å². The lowest BCUT2D eigenvalue weighted by Crippen LogP contribution is -2.38. The Morgan fingerprint density at radius 2 is 2.09 bits per heavy atom. The number of hydrogen-bond acceptors (Lipinski definition) is 3. The van der Waals surface area contributed by atoms with Crippen LogP contribution in [0.2, 0.25) is 0 Å². The second-order valence-electron chi connectivity index (χ2n) is 4.85. The van der Waals surface area contributed by atoms with Gasteiger partial charge < -0.3 is 20.1 Å². The predicted octanol–water partition coefficient (Wildman–Crippen LogP) is 2.18. The van der Waals surface area contributed by atoms with Crippen LogP contribution >= 0.6 is 0 Å². The van der Waals surface area contributed by atoms with E-state index in [2.05, 4.69) is 15.6 Å². The second kappa shape index (κ2) is 10.8. The lowest BCUT2D eigenvalue weighted by molar-refractivity contribution is 0.195. The zero-order valence-electron chi connectivity index (χ0n) is 13.6. The molecule has 1 aromatic carbocycles. The number of aliphatic imine (C=N–C) groups is 1. The molecular formula is C16H26FN3O2. The summed E-state index contributed by atoms with van der Waals surface area (Å²) >= 11 is 0. The summed E-state index contributed by atoms with van der Waals surface area (Å²) in [6.45, 7) is 6.57. The molecule has 1 atom stereocenters. The van der Waals surface area contributed by atoms with Gasteiger partial charge in [0.2, 0.25) is 0 Å². The number of halogens is 1. The monoisotopic (exact) mass is 311 g/mol. The number of ether oxygens (including phenoxy) is 2. The van der Waals surface area contributed by atoms with Crippen molar-refractivity contribution < 1.29 is 13.9 Å². The molecule has 124 valence electrons. The van der Waals surface area contributed by atoms with E-state index in [1.807, 2.05) is 13.8 Å². The minimum absolute atomic E-state index is 0.216. The summed E-state index contributed by atoms with van der Waals surface area (Å²) in [5.41, 5.74) is 0. The van der Waals surface area contributed by atoms with E-state index in [0.29, 0.717) is 13.2 Å². The molecule has 0 aliphatic carbocycles. The smallest absolute Gasteiger partial charge is 0.191 e. The molecular weight excluding hydrogens is 285 g/mol. The second-order valence-corrected chi connectivity index (χ2v) is 4.85. The van der Waals surface area contributed by atoms with Crippen LogP contribution in [0.5, 0.6) is 5.75 Å². The predicted molar refractivity (Wildman–Crippen MR) is 87.0 cm³/mol. The van der Waals surface area contributed by atoms with E-state index in [0.717, 1.165) is 25.5 Å². The van der Waals surface area contributed by atoms with Crippen molar-refractivity contribution in [1.82, 2.24) is 10.6 Å². The lowest BCUT2D eigenvalue weighted by atomic mass is 10.3. The standard InChI is InChI=1S/C16H26FN3O2/c1-4-18-16(19-10-7-11-21-3)20-12-13(2)22-15-9-6-5-8-14(15)17/h5-6,8-9,13H,4,7,10-12H2,1-3H3,(H2,18,19,20). The number of methoxy groups -OCH3 is 1. The molecule has 0 saturated carbocycles. The minimum Gasteiger partial charge on any atom is -0.486 e. The van der Waals surface area contributed by atoms with Crippen LogP contribution in [-0.2, 0) is 4.74 Å². The van der Waals surface area contributed by atoms with Crippen LogP contribution in [-0.4, -0.2) is 45.4 Å². The molecule has 1 unspecified atom stereocenters.